The Balaban J connectivity index is 2.61. The zero-order valence-corrected chi connectivity index (χ0v) is 8.45. The number of fused-ring (bicyclic) bond motifs is 1. The summed E-state index contributed by atoms with van der Waals surface area (Å²) in [5, 5.41) is 10.1. The molecule has 2 aromatic rings. The number of aromatic nitrogens is 1. The fourth-order valence-corrected chi connectivity index (χ4v) is 1.68. The molecule has 0 aliphatic heterocycles. The van der Waals surface area contributed by atoms with Crippen LogP contribution in [0.3, 0.4) is 0 Å². The van der Waals surface area contributed by atoms with Gasteiger partial charge in [0.25, 0.3) is 0 Å². The van der Waals surface area contributed by atoms with Gasteiger partial charge in [-0.25, -0.2) is 0 Å². The first-order valence-corrected chi connectivity index (χ1v) is 4.72. The average Bonchev–Trinajstić information content (AvgIpc) is 2.59. The summed E-state index contributed by atoms with van der Waals surface area (Å²) in [6.07, 6.45) is 1.60. The molecule has 1 aromatic carbocycles. The number of hydrogen-bond donors (Lipinski definition) is 3. The van der Waals surface area contributed by atoms with Crippen LogP contribution in [0.25, 0.3) is 10.9 Å². The van der Waals surface area contributed by atoms with Gasteiger partial charge in [-0.3, -0.25) is 4.79 Å². The quantitative estimate of drug-likeness (QED) is 0.729. The van der Waals surface area contributed by atoms with Crippen LogP contribution < -0.4 is 5.73 Å². The SMILES string of the molecule is NC(C(=O)O)c1c[nH]c2ccc(Cl)cc12. The molecule has 0 radical (unpaired) electrons. The Morgan fingerprint density at radius 2 is 2.27 bits per heavy atom. The van der Waals surface area contributed by atoms with E-state index >= 15 is 0 Å². The van der Waals surface area contributed by atoms with Crippen molar-refractivity contribution in [3.63, 3.8) is 0 Å². The molecule has 1 aromatic heterocycles. The number of carboxylic acid groups (broad SMARTS) is 1. The second-order valence-electron chi connectivity index (χ2n) is 3.25. The van der Waals surface area contributed by atoms with Gasteiger partial charge in [0, 0.05) is 27.7 Å². The van der Waals surface area contributed by atoms with Crippen molar-refractivity contribution in [1.82, 2.24) is 4.98 Å². The van der Waals surface area contributed by atoms with Crippen molar-refractivity contribution in [3.8, 4) is 0 Å². The van der Waals surface area contributed by atoms with E-state index in [1.54, 1.807) is 24.4 Å². The van der Waals surface area contributed by atoms with E-state index in [1.165, 1.54) is 0 Å². The van der Waals surface area contributed by atoms with Crippen LogP contribution in [-0.2, 0) is 4.79 Å². The summed E-state index contributed by atoms with van der Waals surface area (Å²) >= 11 is 5.83. The summed E-state index contributed by atoms with van der Waals surface area (Å²) in [7, 11) is 0. The van der Waals surface area contributed by atoms with Gasteiger partial charge in [-0.15, -0.1) is 0 Å². The van der Waals surface area contributed by atoms with Gasteiger partial charge >= 0.3 is 5.97 Å². The Morgan fingerprint density at radius 3 is 2.93 bits per heavy atom. The summed E-state index contributed by atoms with van der Waals surface area (Å²) < 4.78 is 0. The molecule has 1 unspecified atom stereocenters. The molecule has 0 aliphatic carbocycles. The predicted octanol–water partition coefficient (Wildman–Crippen LogP) is 1.91. The summed E-state index contributed by atoms with van der Waals surface area (Å²) in [5.74, 6) is -1.06. The maximum Gasteiger partial charge on any atom is 0.325 e. The number of carbonyl (C=O) groups is 1. The number of benzene rings is 1. The van der Waals surface area contributed by atoms with E-state index in [1.807, 2.05) is 0 Å². The monoisotopic (exact) mass is 224 g/mol. The third-order valence-corrected chi connectivity index (χ3v) is 2.51. The summed E-state index contributed by atoms with van der Waals surface area (Å²) in [6, 6.07) is 4.19. The molecule has 0 saturated heterocycles. The minimum atomic E-state index is -1.06. The number of nitrogens with two attached hydrogens (primary N) is 1. The van der Waals surface area contributed by atoms with Crippen molar-refractivity contribution in [3.05, 3.63) is 35.0 Å². The smallest absolute Gasteiger partial charge is 0.325 e. The molecule has 0 amide bonds. The van der Waals surface area contributed by atoms with Crippen molar-refractivity contribution in [2.45, 2.75) is 6.04 Å². The molecule has 5 heteroatoms. The number of H-pyrrole nitrogens is 1. The van der Waals surface area contributed by atoms with E-state index in [9.17, 15) is 4.79 Å². The first-order chi connectivity index (χ1) is 7.09. The van der Waals surface area contributed by atoms with Gasteiger partial charge in [-0.05, 0) is 18.2 Å². The second-order valence-corrected chi connectivity index (χ2v) is 3.69. The summed E-state index contributed by atoms with van der Waals surface area (Å²) in [6.45, 7) is 0. The molecule has 0 fully saturated rings. The van der Waals surface area contributed by atoms with Crippen LogP contribution in [0.5, 0.6) is 0 Å². The van der Waals surface area contributed by atoms with E-state index in [0.717, 1.165) is 10.9 Å². The fraction of sp³-hybridized carbons (Fsp3) is 0.100. The molecular weight excluding hydrogens is 216 g/mol. The van der Waals surface area contributed by atoms with E-state index in [4.69, 9.17) is 22.4 Å². The molecule has 0 saturated carbocycles. The molecule has 4 nitrogen and oxygen atoms in total. The predicted molar refractivity (Wildman–Crippen MR) is 57.9 cm³/mol. The Kier molecular flexibility index (Phi) is 2.38. The van der Waals surface area contributed by atoms with Gasteiger partial charge in [0.2, 0.25) is 0 Å². The molecule has 78 valence electrons. The van der Waals surface area contributed by atoms with Crippen LogP contribution in [0.1, 0.15) is 11.6 Å². The van der Waals surface area contributed by atoms with Crippen LogP contribution in [0.2, 0.25) is 5.02 Å². The zero-order chi connectivity index (χ0) is 11.0. The lowest BCUT2D eigenvalue weighted by atomic mass is 10.1. The summed E-state index contributed by atoms with van der Waals surface area (Å²) in [4.78, 5) is 13.7. The number of aliphatic carboxylic acids is 1. The van der Waals surface area contributed by atoms with Crippen molar-refractivity contribution < 1.29 is 9.90 Å². The Bertz CT molecular complexity index is 521. The minimum Gasteiger partial charge on any atom is -0.480 e. The van der Waals surface area contributed by atoms with Gasteiger partial charge in [0.15, 0.2) is 0 Å². The van der Waals surface area contributed by atoms with Gasteiger partial charge in [-0.1, -0.05) is 11.6 Å². The van der Waals surface area contributed by atoms with Gasteiger partial charge in [0.05, 0.1) is 0 Å². The lowest BCUT2D eigenvalue weighted by Crippen LogP contribution is -2.20. The first-order valence-electron chi connectivity index (χ1n) is 4.34. The van der Waals surface area contributed by atoms with Gasteiger partial charge in [0.1, 0.15) is 6.04 Å². The topological polar surface area (TPSA) is 79.1 Å². The normalized spacial score (nSPS) is 12.9. The Morgan fingerprint density at radius 1 is 1.53 bits per heavy atom. The Hall–Kier alpha value is -1.52. The fourth-order valence-electron chi connectivity index (χ4n) is 1.50. The van der Waals surface area contributed by atoms with Gasteiger partial charge in [-0.2, -0.15) is 0 Å². The molecule has 0 aliphatic rings. The highest BCUT2D eigenvalue weighted by Crippen LogP contribution is 2.25. The van der Waals surface area contributed by atoms with E-state index in [2.05, 4.69) is 4.98 Å². The van der Waals surface area contributed by atoms with E-state index < -0.39 is 12.0 Å². The molecular formula is C10H9ClN2O2. The van der Waals surface area contributed by atoms with Crippen molar-refractivity contribution >= 4 is 28.5 Å². The van der Waals surface area contributed by atoms with Crippen molar-refractivity contribution in [2.24, 2.45) is 5.73 Å². The van der Waals surface area contributed by atoms with Gasteiger partial charge < -0.3 is 15.8 Å². The summed E-state index contributed by atoms with van der Waals surface area (Å²) in [5.41, 5.74) is 6.90. The van der Waals surface area contributed by atoms with Crippen LogP contribution in [0.15, 0.2) is 24.4 Å². The largest absolute Gasteiger partial charge is 0.480 e. The average molecular weight is 225 g/mol. The Labute approximate surface area is 90.7 Å². The number of rotatable bonds is 2. The highest BCUT2D eigenvalue weighted by atomic mass is 35.5. The number of carboxylic acids is 1. The lowest BCUT2D eigenvalue weighted by Gasteiger charge is -2.04. The number of nitrogens with one attached hydrogen (secondary N) is 1. The minimum absolute atomic E-state index is 0.542. The third-order valence-electron chi connectivity index (χ3n) is 2.28. The highest BCUT2D eigenvalue weighted by Gasteiger charge is 2.18. The lowest BCUT2D eigenvalue weighted by molar-refractivity contribution is -0.138. The van der Waals surface area contributed by atoms with Crippen molar-refractivity contribution in [1.29, 1.82) is 0 Å². The molecule has 1 atom stereocenters. The third kappa shape index (κ3) is 1.69. The number of hydrogen-bond acceptors (Lipinski definition) is 2. The molecule has 0 bridgehead atoms. The van der Waals surface area contributed by atoms with E-state index in [-0.39, 0.29) is 0 Å². The highest BCUT2D eigenvalue weighted by molar-refractivity contribution is 6.31. The van der Waals surface area contributed by atoms with Crippen LogP contribution in [0, 0.1) is 0 Å². The molecule has 1 heterocycles. The van der Waals surface area contributed by atoms with Crippen LogP contribution in [-0.4, -0.2) is 16.1 Å². The number of aromatic amines is 1. The molecule has 15 heavy (non-hydrogen) atoms. The first kappa shape index (κ1) is 10.0. The van der Waals surface area contributed by atoms with Crippen molar-refractivity contribution in [2.75, 3.05) is 0 Å². The maximum atomic E-state index is 10.8. The number of halogens is 1. The van der Waals surface area contributed by atoms with Crippen LogP contribution in [0.4, 0.5) is 0 Å². The molecule has 2 rings (SSSR count). The zero-order valence-electron chi connectivity index (χ0n) is 7.70. The molecule has 0 spiro atoms. The van der Waals surface area contributed by atoms with Crippen LogP contribution >= 0.6 is 11.6 Å². The molecule has 4 N–H and O–H groups in total. The standard InChI is InChI=1S/C10H9ClN2O2/c11-5-1-2-8-6(3-5)7(4-13-8)9(12)10(14)15/h1-4,9,13H,12H2,(H,14,15). The van der Waals surface area contributed by atoms with E-state index in [0.29, 0.717) is 10.6 Å². The second kappa shape index (κ2) is 3.56. The maximum absolute atomic E-state index is 10.8.